The molecule has 0 bridgehead atoms. The van der Waals surface area contributed by atoms with Gasteiger partial charge in [-0.3, -0.25) is 14.9 Å². The summed E-state index contributed by atoms with van der Waals surface area (Å²) in [5, 5.41) is 2.20. The van der Waals surface area contributed by atoms with Crippen molar-refractivity contribution in [3.8, 4) is 17.2 Å². The second-order valence-electron chi connectivity index (χ2n) is 6.26. The van der Waals surface area contributed by atoms with Gasteiger partial charge < -0.3 is 14.2 Å². The second-order valence-corrected chi connectivity index (χ2v) is 6.26. The molecule has 0 radical (unpaired) electrons. The fourth-order valence-electron chi connectivity index (χ4n) is 3.01. The summed E-state index contributed by atoms with van der Waals surface area (Å²) >= 11 is 0. The molecule has 2 aromatic rings. The number of carbonyl (C=O) groups excluding carboxylic acids is 3. The van der Waals surface area contributed by atoms with Gasteiger partial charge in [-0.05, 0) is 48.4 Å². The molecular formula is C21H20N2O6. The zero-order valence-electron chi connectivity index (χ0n) is 16.4. The summed E-state index contributed by atoms with van der Waals surface area (Å²) in [6.45, 7) is 1.84. The molecule has 150 valence electrons. The molecule has 0 aromatic heterocycles. The van der Waals surface area contributed by atoms with Crippen molar-refractivity contribution in [3.05, 3.63) is 53.1 Å². The minimum Gasteiger partial charge on any atom is -0.493 e. The molecule has 0 atom stereocenters. The Hall–Kier alpha value is -3.81. The molecule has 3 rings (SSSR count). The predicted octanol–water partition coefficient (Wildman–Crippen LogP) is 2.69. The highest BCUT2D eigenvalue weighted by Gasteiger charge is 2.36. The number of anilines is 1. The number of nitrogens with one attached hydrogen (secondary N) is 1. The number of nitrogens with zero attached hydrogens (tertiary/aromatic N) is 1. The van der Waals surface area contributed by atoms with Crippen molar-refractivity contribution < 1.29 is 28.6 Å². The Bertz CT molecular complexity index is 1000. The van der Waals surface area contributed by atoms with Crippen molar-refractivity contribution in [2.75, 3.05) is 26.2 Å². The van der Waals surface area contributed by atoms with E-state index in [2.05, 4.69) is 5.32 Å². The molecular weight excluding hydrogens is 376 g/mol. The molecule has 0 unspecified atom stereocenters. The first-order valence-electron chi connectivity index (χ1n) is 8.67. The molecule has 2 aromatic carbocycles. The van der Waals surface area contributed by atoms with Crippen LogP contribution in [0.1, 0.15) is 11.1 Å². The zero-order valence-corrected chi connectivity index (χ0v) is 16.4. The van der Waals surface area contributed by atoms with Crippen LogP contribution < -0.4 is 24.4 Å². The van der Waals surface area contributed by atoms with Crippen LogP contribution in [0.25, 0.3) is 6.08 Å². The van der Waals surface area contributed by atoms with E-state index in [-0.39, 0.29) is 5.57 Å². The summed E-state index contributed by atoms with van der Waals surface area (Å²) in [5.74, 6) is -0.383. The minimum absolute atomic E-state index is 0.194. The molecule has 1 N–H and O–H groups in total. The monoisotopic (exact) mass is 396 g/mol. The van der Waals surface area contributed by atoms with Gasteiger partial charge in [0.05, 0.1) is 27.0 Å². The first kappa shape index (κ1) is 19.9. The van der Waals surface area contributed by atoms with E-state index < -0.39 is 17.8 Å². The Morgan fingerprint density at radius 2 is 1.59 bits per heavy atom. The van der Waals surface area contributed by atoms with E-state index in [1.165, 1.54) is 27.4 Å². The van der Waals surface area contributed by atoms with Crippen molar-refractivity contribution in [1.29, 1.82) is 0 Å². The van der Waals surface area contributed by atoms with Crippen LogP contribution in [-0.4, -0.2) is 39.2 Å². The third-order valence-electron chi connectivity index (χ3n) is 4.36. The van der Waals surface area contributed by atoms with Crippen molar-refractivity contribution >= 4 is 29.6 Å². The molecule has 1 aliphatic heterocycles. The van der Waals surface area contributed by atoms with E-state index in [9.17, 15) is 14.4 Å². The Morgan fingerprint density at radius 3 is 2.14 bits per heavy atom. The average molecular weight is 396 g/mol. The highest BCUT2D eigenvalue weighted by molar-refractivity contribution is 6.39. The lowest BCUT2D eigenvalue weighted by Gasteiger charge is -2.26. The Kier molecular flexibility index (Phi) is 5.54. The SMILES string of the molecule is COc1cc(C=C2C(=O)NC(=O)N(c3cccc(C)c3)C2=O)cc(OC)c1OC. The molecule has 1 fully saturated rings. The van der Waals surface area contributed by atoms with Crippen molar-refractivity contribution in [3.63, 3.8) is 0 Å². The first-order valence-corrected chi connectivity index (χ1v) is 8.67. The van der Waals surface area contributed by atoms with Crippen molar-refractivity contribution in [2.45, 2.75) is 6.92 Å². The number of ether oxygens (including phenoxy) is 3. The third kappa shape index (κ3) is 3.77. The summed E-state index contributed by atoms with van der Waals surface area (Å²) in [4.78, 5) is 38.6. The number of amides is 4. The van der Waals surface area contributed by atoms with Crippen LogP contribution in [0.4, 0.5) is 10.5 Å². The fourth-order valence-corrected chi connectivity index (χ4v) is 3.01. The highest BCUT2D eigenvalue weighted by Crippen LogP contribution is 2.39. The lowest BCUT2D eigenvalue weighted by molar-refractivity contribution is -0.122. The Labute approximate surface area is 167 Å². The van der Waals surface area contributed by atoms with Crippen LogP contribution in [-0.2, 0) is 9.59 Å². The average Bonchev–Trinajstić information content (AvgIpc) is 2.70. The van der Waals surface area contributed by atoms with Gasteiger partial charge in [-0.2, -0.15) is 0 Å². The van der Waals surface area contributed by atoms with E-state index in [0.29, 0.717) is 28.5 Å². The second kappa shape index (κ2) is 8.05. The van der Waals surface area contributed by atoms with Crippen LogP contribution >= 0.6 is 0 Å². The highest BCUT2D eigenvalue weighted by atomic mass is 16.5. The van der Waals surface area contributed by atoms with E-state index in [0.717, 1.165) is 10.5 Å². The van der Waals surface area contributed by atoms with Gasteiger partial charge in [-0.25, -0.2) is 9.69 Å². The predicted molar refractivity (Wildman–Crippen MR) is 106 cm³/mol. The molecule has 1 aliphatic rings. The number of urea groups is 1. The fraction of sp³-hybridized carbons (Fsp3) is 0.190. The van der Waals surface area contributed by atoms with Gasteiger partial charge in [0.25, 0.3) is 11.8 Å². The number of imide groups is 2. The number of aryl methyl sites for hydroxylation is 1. The van der Waals surface area contributed by atoms with Crippen molar-refractivity contribution in [2.24, 2.45) is 0 Å². The lowest BCUT2D eigenvalue weighted by Crippen LogP contribution is -2.54. The molecule has 0 saturated carbocycles. The van der Waals surface area contributed by atoms with Gasteiger partial charge in [0.2, 0.25) is 5.75 Å². The topological polar surface area (TPSA) is 94.2 Å². The molecule has 0 aliphatic carbocycles. The number of hydrogen-bond acceptors (Lipinski definition) is 6. The standard InChI is InChI=1S/C21H20N2O6/c1-12-6-5-7-14(8-12)23-20(25)15(19(24)22-21(23)26)9-13-10-16(27-2)18(29-4)17(11-13)28-3/h5-11H,1-4H3,(H,22,24,26). The summed E-state index contributed by atoms with van der Waals surface area (Å²) < 4.78 is 15.9. The number of barbiturate groups is 1. The molecule has 0 spiro atoms. The number of benzene rings is 2. The maximum absolute atomic E-state index is 13.0. The maximum atomic E-state index is 13.0. The van der Waals surface area contributed by atoms with Crippen LogP contribution in [0.3, 0.4) is 0 Å². The summed E-state index contributed by atoms with van der Waals surface area (Å²) in [6.07, 6.45) is 1.37. The molecule has 8 heteroatoms. The smallest absolute Gasteiger partial charge is 0.335 e. The first-order chi connectivity index (χ1) is 13.9. The summed E-state index contributed by atoms with van der Waals surface area (Å²) in [6, 6.07) is 9.28. The van der Waals surface area contributed by atoms with Gasteiger partial charge in [0, 0.05) is 0 Å². The van der Waals surface area contributed by atoms with Crippen LogP contribution in [0.2, 0.25) is 0 Å². The summed E-state index contributed by atoms with van der Waals surface area (Å²) in [7, 11) is 4.40. The molecule has 29 heavy (non-hydrogen) atoms. The molecule has 1 saturated heterocycles. The van der Waals surface area contributed by atoms with Crippen LogP contribution in [0.5, 0.6) is 17.2 Å². The third-order valence-corrected chi connectivity index (χ3v) is 4.36. The largest absolute Gasteiger partial charge is 0.493 e. The van der Waals surface area contributed by atoms with Crippen LogP contribution in [0, 0.1) is 6.92 Å². The zero-order chi connectivity index (χ0) is 21.1. The van der Waals surface area contributed by atoms with E-state index >= 15 is 0 Å². The normalized spacial score (nSPS) is 15.4. The van der Waals surface area contributed by atoms with E-state index in [4.69, 9.17) is 14.2 Å². The number of methoxy groups -OCH3 is 3. The van der Waals surface area contributed by atoms with Crippen LogP contribution in [0.15, 0.2) is 42.0 Å². The number of hydrogen-bond donors (Lipinski definition) is 1. The van der Waals surface area contributed by atoms with Gasteiger partial charge in [0.15, 0.2) is 11.5 Å². The number of carbonyl (C=O) groups is 3. The Balaban J connectivity index is 2.07. The quantitative estimate of drug-likeness (QED) is 0.617. The maximum Gasteiger partial charge on any atom is 0.335 e. The number of rotatable bonds is 5. The minimum atomic E-state index is -0.798. The van der Waals surface area contributed by atoms with Gasteiger partial charge in [0.1, 0.15) is 5.57 Å². The van der Waals surface area contributed by atoms with Crippen molar-refractivity contribution in [1.82, 2.24) is 5.32 Å². The molecule has 1 heterocycles. The molecule has 4 amide bonds. The van der Waals surface area contributed by atoms with Gasteiger partial charge in [-0.1, -0.05) is 12.1 Å². The Morgan fingerprint density at radius 1 is 0.931 bits per heavy atom. The van der Waals surface area contributed by atoms with Gasteiger partial charge >= 0.3 is 6.03 Å². The van der Waals surface area contributed by atoms with E-state index in [1.807, 2.05) is 13.0 Å². The van der Waals surface area contributed by atoms with E-state index in [1.54, 1.807) is 30.3 Å². The summed E-state index contributed by atoms with van der Waals surface area (Å²) in [5.41, 5.74) is 1.52. The molecule has 8 nitrogen and oxygen atoms in total. The lowest BCUT2D eigenvalue weighted by atomic mass is 10.1. The van der Waals surface area contributed by atoms with Gasteiger partial charge in [-0.15, -0.1) is 0 Å².